The van der Waals surface area contributed by atoms with E-state index in [0.29, 0.717) is 6.54 Å². The molecule has 0 saturated carbocycles. The number of para-hydroxylation sites is 1. The van der Waals surface area contributed by atoms with Crippen LogP contribution in [-0.2, 0) is 4.79 Å². The summed E-state index contributed by atoms with van der Waals surface area (Å²) in [5, 5.41) is 3.13. The van der Waals surface area contributed by atoms with Gasteiger partial charge in [-0.2, -0.15) is 0 Å². The summed E-state index contributed by atoms with van der Waals surface area (Å²) in [6.07, 6.45) is 0. The Kier molecular flexibility index (Phi) is 4.24. The van der Waals surface area contributed by atoms with E-state index in [1.165, 1.54) is 9.80 Å². The van der Waals surface area contributed by atoms with E-state index in [9.17, 15) is 9.59 Å². The van der Waals surface area contributed by atoms with E-state index in [-0.39, 0.29) is 24.5 Å². The third-order valence-corrected chi connectivity index (χ3v) is 3.46. The average molecular weight is 277 g/mol. The van der Waals surface area contributed by atoms with Gasteiger partial charge in [-0.25, -0.2) is 4.79 Å². The molecule has 108 valence electrons. The summed E-state index contributed by atoms with van der Waals surface area (Å²) in [7, 11) is 5.02. The number of likely N-dealkylation sites (N-methyl/N-ethyl adjacent to an activating group) is 2. The third-order valence-electron chi connectivity index (χ3n) is 3.46. The molecule has 1 saturated heterocycles. The molecule has 1 aliphatic rings. The summed E-state index contributed by atoms with van der Waals surface area (Å²) < 4.78 is 5.33. The number of benzene rings is 1. The lowest BCUT2D eigenvalue weighted by atomic mass is 10.1. The second-order valence-corrected chi connectivity index (χ2v) is 4.73. The van der Waals surface area contributed by atoms with Crippen LogP contribution >= 0.6 is 0 Å². The Balaban J connectivity index is 2.21. The van der Waals surface area contributed by atoms with Gasteiger partial charge in [-0.3, -0.25) is 9.69 Å². The van der Waals surface area contributed by atoms with Crippen molar-refractivity contribution in [2.75, 3.05) is 34.3 Å². The third kappa shape index (κ3) is 2.60. The van der Waals surface area contributed by atoms with Crippen molar-refractivity contribution < 1.29 is 14.3 Å². The van der Waals surface area contributed by atoms with Gasteiger partial charge in [0.25, 0.3) is 0 Å². The number of hydrogen-bond acceptors (Lipinski definition) is 4. The molecule has 1 aromatic carbocycles. The van der Waals surface area contributed by atoms with Gasteiger partial charge in [0.1, 0.15) is 12.3 Å². The van der Waals surface area contributed by atoms with Crippen LogP contribution in [0.1, 0.15) is 11.6 Å². The number of nitrogens with one attached hydrogen (secondary N) is 1. The Morgan fingerprint density at radius 2 is 2.05 bits per heavy atom. The van der Waals surface area contributed by atoms with Gasteiger partial charge in [0.05, 0.1) is 19.7 Å². The van der Waals surface area contributed by atoms with Gasteiger partial charge in [0.15, 0.2) is 0 Å². The summed E-state index contributed by atoms with van der Waals surface area (Å²) in [4.78, 5) is 26.4. The van der Waals surface area contributed by atoms with E-state index in [0.717, 1.165) is 11.3 Å². The van der Waals surface area contributed by atoms with E-state index >= 15 is 0 Å². The van der Waals surface area contributed by atoms with E-state index in [4.69, 9.17) is 4.74 Å². The van der Waals surface area contributed by atoms with Crippen LogP contribution in [0, 0.1) is 0 Å². The fraction of sp³-hybridized carbons (Fsp3) is 0.429. The van der Waals surface area contributed by atoms with Crippen LogP contribution in [0.15, 0.2) is 24.3 Å². The summed E-state index contributed by atoms with van der Waals surface area (Å²) in [6.45, 7) is 0.431. The zero-order chi connectivity index (χ0) is 14.7. The van der Waals surface area contributed by atoms with Crippen molar-refractivity contribution in [3.8, 4) is 5.75 Å². The Bertz CT molecular complexity index is 518. The minimum absolute atomic E-state index is 0.140. The largest absolute Gasteiger partial charge is 0.496 e. The maximum atomic E-state index is 11.9. The van der Waals surface area contributed by atoms with Gasteiger partial charge < -0.3 is 15.0 Å². The molecule has 1 atom stereocenters. The van der Waals surface area contributed by atoms with Crippen molar-refractivity contribution in [1.82, 2.24) is 15.1 Å². The number of ether oxygens (including phenoxy) is 1. The number of rotatable bonds is 5. The first-order valence-corrected chi connectivity index (χ1v) is 6.44. The summed E-state index contributed by atoms with van der Waals surface area (Å²) >= 11 is 0. The van der Waals surface area contributed by atoms with Crippen molar-refractivity contribution in [1.29, 1.82) is 0 Å². The van der Waals surface area contributed by atoms with Gasteiger partial charge in [-0.05, 0) is 13.1 Å². The van der Waals surface area contributed by atoms with Gasteiger partial charge in [-0.15, -0.1) is 0 Å². The molecular weight excluding hydrogens is 258 g/mol. The first-order chi connectivity index (χ1) is 9.58. The van der Waals surface area contributed by atoms with Crippen LogP contribution in [0.5, 0.6) is 5.75 Å². The standard InChI is InChI=1S/C14H19N3O3/c1-15-11(10-6-4-5-7-12(10)20-3)8-17-13(18)9-16(2)14(17)19/h4-7,11,15H,8-9H2,1-3H3. The average Bonchev–Trinajstić information content (AvgIpc) is 2.70. The zero-order valence-corrected chi connectivity index (χ0v) is 11.9. The lowest BCUT2D eigenvalue weighted by Gasteiger charge is -2.23. The Hall–Kier alpha value is -2.08. The quantitative estimate of drug-likeness (QED) is 0.811. The summed E-state index contributed by atoms with van der Waals surface area (Å²) in [5.74, 6) is 0.562. The van der Waals surface area contributed by atoms with E-state index in [2.05, 4.69) is 5.32 Å². The molecule has 1 heterocycles. The maximum Gasteiger partial charge on any atom is 0.327 e. The molecule has 6 heteroatoms. The summed E-state index contributed by atoms with van der Waals surface area (Å²) in [5.41, 5.74) is 0.924. The van der Waals surface area contributed by atoms with Crippen molar-refractivity contribution in [2.45, 2.75) is 6.04 Å². The number of amides is 3. The molecule has 0 radical (unpaired) electrons. The number of nitrogens with zero attached hydrogens (tertiary/aromatic N) is 2. The van der Waals surface area contributed by atoms with Crippen molar-refractivity contribution in [3.05, 3.63) is 29.8 Å². The molecule has 1 aliphatic heterocycles. The molecule has 1 N–H and O–H groups in total. The molecule has 1 unspecified atom stereocenters. The summed E-state index contributed by atoms with van der Waals surface area (Å²) in [6, 6.07) is 7.15. The molecule has 0 spiro atoms. The minimum Gasteiger partial charge on any atom is -0.496 e. The Labute approximate surface area is 118 Å². The highest BCUT2D eigenvalue weighted by Gasteiger charge is 2.35. The number of hydrogen-bond donors (Lipinski definition) is 1. The van der Waals surface area contributed by atoms with Crippen LogP contribution < -0.4 is 10.1 Å². The molecule has 6 nitrogen and oxygen atoms in total. The van der Waals surface area contributed by atoms with E-state index in [1.54, 1.807) is 21.2 Å². The Morgan fingerprint density at radius 3 is 2.60 bits per heavy atom. The Morgan fingerprint density at radius 1 is 1.35 bits per heavy atom. The topological polar surface area (TPSA) is 61.9 Å². The van der Waals surface area contributed by atoms with Gasteiger partial charge in [-0.1, -0.05) is 18.2 Å². The molecular formula is C14H19N3O3. The highest BCUT2D eigenvalue weighted by Crippen LogP contribution is 2.26. The van der Waals surface area contributed by atoms with Crippen LogP contribution in [0.4, 0.5) is 4.79 Å². The van der Waals surface area contributed by atoms with Crippen LogP contribution in [0.2, 0.25) is 0 Å². The van der Waals surface area contributed by atoms with Gasteiger partial charge in [0, 0.05) is 12.6 Å². The fourth-order valence-electron chi connectivity index (χ4n) is 2.33. The van der Waals surface area contributed by atoms with Gasteiger partial charge >= 0.3 is 6.03 Å². The monoisotopic (exact) mass is 277 g/mol. The molecule has 0 bridgehead atoms. The molecule has 3 amide bonds. The minimum atomic E-state index is -0.259. The first kappa shape index (κ1) is 14.3. The van der Waals surface area contributed by atoms with E-state index < -0.39 is 0 Å². The number of carbonyl (C=O) groups is 2. The maximum absolute atomic E-state index is 11.9. The molecule has 20 heavy (non-hydrogen) atoms. The predicted molar refractivity (Wildman–Crippen MR) is 74.5 cm³/mol. The number of methoxy groups -OCH3 is 1. The zero-order valence-electron chi connectivity index (χ0n) is 11.9. The molecule has 0 aliphatic carbocycles. The first-order valence-electron chi connectivity index (χ1n) is 6.44. The second-order valence-electron chi connectivity index (χ2n) is 4.73. The second kappa shape index (κ2) is 5.92. The highest BCUT2D eigenvalue weighted by atomic mass is 16.5. The number of carbonyl (C=O) groups excluding carboxylic acids is 2. The molecule has 1 aromatic rings. The van der Waals surface area contributed by atoms with E-state index in [1.807, 2.05) is 24.3 Å². The normalized spacial score (nSPS) is 16.8. The molecule has 2 rings (SSSR count). The SMILES string of the molecule is CNC(CN1C(=O)CN(C)C1=O)c1ccccc1OC. The van der Waals surface area contributed by atoms with Gasteiger partial charge in [0.2, 0.25) is 5.91 Å². The smallest absolute Gasteiger partial charge is 0.327 e. The van der Waals surface area contributed by atoms with Crippen LogP contribution in [0.25, 0.3) is 0 Å². The highest BCUT2D eigenvalue weighted by molar-refractivity contribution is 6.01. The fourth-order valence-corrected chi connectivity index (χ4v) is 2.33. The predicted octanol–water partition coefficient (Wildman–Crippen LogP) is 0.850. The lowest BCUT2D eigenvalue weighted by molar-refractivity contribution is -0.125. The molecule has 1 fully saturated rings. The number of imide groups is 1. The van der Waals surface area contributed by atoms with Crippen molar-refractivity contribution in [2.24, 2.45) is 0 Å². The van der Waals surface area contributed by atoms with Crippen molar-refractivity contribution in [3.63, 3.8) is 0 Å². The van der Waals surface area contributed by atoms with Crippen LogP contribution in [-0.4, -0.2) is 56.0 Å². The van der Waals surface area contributed by atoms with Crippen LogP contribution in [0.3, 0.4) is 0 Å². The van der Waals surface area contributed by atoms with Crippen molar-refractivity contribution >= 4 is 11.9 Å². The molecule has 0 aromatic heterocycles. The lowest BCUT2D eigenvalue weighted by Crippen LogP contribution is -2.38. The number of urea groups is 1.